The lowest BCUT2D eigenvalue weighted by atomic mass is 10.4. The van der Waals surface area contributed by atoms with Gasteiger partial charge in [-0.3, -0.25) is 9.59 Å². The molecule has 0 saturated carbocycles. The van der Waals surface area contributed by atoms with Crippen molar-refractivity contribution in [2.45, 2.75) is 17.1 Å². The smallest absolute Gasteiger partial charge is 0.405 e. The van der Waals surface area contributed by atoms with Crippen molar-refractivity contribution < 1.29 is 27.2 Å². The minimum atomic E-state index is -4.50. The zero-order valence-electron chi connectivity index (χ0n) is 13.1. The number of carbonyl (C=O) groups excluding carboxylic acids is 2. The largest absolute Gasteiger partial charge is 0.455 e. The molecule has 136 valence electrons. The lowest BCUT2D eigenvalue weighted by Gasteiger charge is -2.08. The first kappa shape index (κ1) is 18.9. The summed E-state index contributed by atoms with van der Waals surface area (Å²) in [7, 11) is 1.85. The third-order valence-corrected chi connectivity index (χ3v) is 3.98. The minimum Gasteiger partial charge on any atom is -0.455 e. The molecule has 0 spiro atoms. The van der Waals surface area contributed by atoms with E-state index in [0.29, 0.717) is 11.5 Å². The Bertz CT molecular complexity index is 742. The van der Waals surface area contributed by atoms with Crippen LogP contribution in [0.15, 0.2) is 34.1 Å². The SMILES string of the molecule is Cn1ccnc1SCc1ccc(C(=O)NCC(=O)NCC(F)(F)F)o1. The van der Waals surface area contributed by atoms with Gasteiger partial charge in [0.1, 0.15) is 12.3 Å². The summed E-state index contributed by atoms with van der Waals surface area (Å²) in [5.74, 6) is -0.679. The second-order valence-corrected chi connectivity index (χ2v) is 5.89. The van der Waals surface area contributed by atoms with E-state index >= 15 is 0 Å². The van der Waals surface area contributed by atoms with Crippen LogP contribution in [0.25, 0.3) is 0 Å². The fourth-order valence-electron chi connectivity index (χ4n) is 1.71. The number of halogens is 3. The summed E-state index contributed by atoms with van der Waals surface area (Å²) in [5.41, 5.74) is 0. The van der Waals surface area contributed by atoms with Crippen LogP contribution in [0, 0.1) is 0 Å². The molecule has 0 atom stereocenters. The van der Waals surface area contributed by atoms with Crippen molar-refractivity contribution in [3.05, 3.63) is 36.0 Å². The summed E-state index contributed by atoms with van der Waals surface area (Å²) in [4.78, 5) is 27.2. The van der Waals surface area contributed by atoms with E-state index in [0.717, 1.165) is 5.16 Å². The lowest BCUT2D eigenvalue weighted by Crippen LogP contribution is -2.40. The van der Waals surface area contributed by atoms with Crippen LogP contribution >= 0.6 is 11.8 Å². The van der Waals surface area contributed by atoms with Crippen LogP contribution in [0.2, 0.25) is 0 Å². The summed E-state index contributed by atoms with van der Waals surface area (Å²) in [5, 5.41) is 4.63. The predicted molar refractivity (Wildman–Crippen MR) is 82.9 cm³/mol. The van der Waals surface area contributed by atoms with Gasteiger partial charge < -0.3 is 19.6 Å². The Morgan fingerprint density at radius 3 is 2.72 bits per heavy atom. The maximum absolute atomic E-state index is 12.0. The van der Waals surface area contributed by atoms with E-state index in [-0.39, 0.29) is 5.76 Å². The van der Waals surface area contributed by atoms with Gasteiger partial charge in [0.2, 0.25) is 5.91 Å². The third-order valence-electron chi connectivity index (χ3n) is 2.90. The van der Waals surface area contributed by atoms with Crippen molar-refractivity contribution in [1.82, 2.24) is 20.2 Å². The van der Waals surface area contributed by atoms with Crippen LogP contribution in [0.1, 0.15) is 16.3 Å². The predicted octanol–water partition coefficient (Wildman–Crippen LogP) is 1.71. The molecule has 0 fully saturated rings. The number of thioether (sulfide) groups is 1. The van der Waals surface area contributed by atoms with Crippen LogP contribution in [-0.2, 0) is 17.6 Å². The molecule has 0 aliphatic carbocycles. The Morgan fingerprint density at radius 2 is 2.08 bits per heavy atom. The standard InChI is InChI=1S/C14H15F3N4O3S/c1-21-5-4-18-13(21)25-7-9-2-3-10(24-9)12(23)19-6-11(22)20-8-14(15,16)17/h2-5H,6-8H2,1H3,(H,19,23)(H,20,22). The number of alkyl halides is 3. The molecule has 0 radical (unpaired) electrons. The number of hydrogen-bond acceptors (Lipinski definition) is 5. The van der Waals surface area contributed by atoms with Crippen molar-refractivity contribution in [1.29, 1.82) is 0 Å². The number of aryl methyl sites for hydroxylation is 1. The van der Waals surface area contributed by atoms with Crippen LogP contribution in [0.3, 0.4) is 0 Å². The molecule has 2 amide bonds. The van der Waals surface area contributed by atoms with Gasteiger partial charge in [-0.1, -0.05) is 11.8 Å². The third kappa shape index (κ3) is 6.18. The monoisotopic (exact) mass is 376 g/mol. The van der Waals surface area contributed by atoms with Gasteiger partial charge in [0.15, 0.2) is 10.9 Å². The number of hydrogen-bond donors (Lipinski definition) is 2. The number of carbonyl (C=O) groups is 2. The molecular weight excluding hydrogens is 361 g/mol. The first-order chi connectivity index (χ1) is 11.7. The topological polar surface area (TPSA) is 89.2 Å². The maximum atomic E-state index is 12.0. The van der Waals surface area contributed by atoms with E-state index in [1.54, 1.807) is 23.8 Å². The molecule has 25 heavy (non-hydrogen) atoms. The molecule has 2 heterocycles. The molecule has 2 rings (SSSR count). The molecule has 0 unspecified atom stereocenters. The summed E-state index contributed by atoms with van der Waals surface area (Å²) < 4.78 is 43.1. The van der Waals surface area contributed by atoms with E-state index in [1.165, 1.54) is 17.8 Å². The number of furan rings is 1. The summed E-state index contributed by atoms with van der Waals surface area (Å²) in [6.45, 7) is -2.02. The lowest BCUT2D eigenvalue weighted by molar-refractivity contribution is -0.137. The van der Waals surface area contributed by atoms with Crippen molar-refractivity contribution in [3.8, 4) is 0 Å². The van der Waals surface area contributed by atoms with Crippen LogP contribution in [-0.4, -0.2) is 40.6 Å². The summed E-state index contributed by atoms with van der Waals surface area (Å²) in [6, 6.07) is 3.03. The zero-order chi connectivity index (χ0) is 18.4. The molecule has 2 aromatic heterocycles. The Hall–Kier alpha value is -2.43. The van der Waals surface area contributed by atoms with Crippen molar-refractivity contribution in [2.24, 2.45) is 7.05 Å². The van der Waals surface area contributed by atoms with Crippen LogP contribution in [0.4, 0.5) is 13.2 Å². The highest BCUT2D eigenvalue weighted by atomic mass is 32.2. The molecule has 2 aromatic rings. The van der Waals surface area contributed by atoms with E-state index in [2.05, 4.69) is 10.3 Å². The second-order valence-electron chi connectivity index (χ2n) is 4.95. The summed E-state index contributed by atoms with van der Waals surface area (Å²) >= 11 is 1.41. The Balaban J connectivity index is 1.78. The molecule has 0 aliphatic rings. The average molecular weight is 376 g/mol. The second kappa shape index (κ2) is 8.10. The van der Waals surface area contributed by atoms with Gasteiger partial charge in [0.05, 0.1) is 12.3 Å². The number of amides is 2. The van der Waals surface area contributed by atoms with E-state index in [4.69, 9.17) is 4.42 Å². The minimum absolute atomic E-state index is 0.0286. The fraction of sp³-hybridized carbons (Fsp3) is 0.357. The zero-order valence-corrected chi connectivity index (χ0v) is 13.9. The maximum Gasteiger partial charge on any atom is 0.405 e. The molecule has 0 aliphatic heterocycles. The van der Waals surface area contributed by atoms with Crippen LogP contribution < -0.4 is 10.6 Å². The highest BCUT2D eigenvalue weighted by Crippen LogP contribution is 2.21. The molecule has 7 nitrogen and oxygen atoms in total. The van der Waals surface area contributed by atoms with Gasteiger partial charge in [0, 0.05) is 19.4 Å². The Morgan fingerprint density at radius 1 is 1.32 bits per heavy atom. The van der Waals surface area contributed by atoms with Gasteiger partial charge >= 0.3 is 6.18 Å². The molecule has 0 saturated heterocycles. The summed E-state index contributed by atoms with van der Waals surface area (Å²) in [6.07, 6.45) is -1.04. The quantitative estimate of drug-likeness (QED) is 0.719. The van der Waals surface area contributed by atoms with Crippen LogP contribution in [0.5, 0.6) is 0 Å². The number of imidazole rings is 1. The van der Waals surface area contributed by atoms with Crippen molar-refractivity contribution in [2.75, 3.05) is 13.1 Å². The Kier molecular flexibility index (Phi) is 6.12. The fourth-order valence-corrected chi connectivity index (χ4v) is 2.54. The normalized spacial score (nSPS) is 11.4. The number of rotatable bonds is 7. The number of nitrogens with one attached hydrogen (secondary N) is 2. The molecule has 11 heteroatoms. The van der Waals surface area contributed by atoms with Gasteiger partial charge in [-0.2, -0.15) is 13.2 Å². The molecule has 2 N–H and O–H groups in total. The molecular formula is C14H15F3N4O3S. The van der Waals surface area contributed by atoms with Crippen molar-refractivity contribution in [3.63, 3.8) is 0 Å². The van der Waals surface area contributed by atoms with Gasteiger partial charge in [0.25, 0.3) is 5.91 Å². The number of nitrogens with zero attached hydrogens (tertiary/aromatic N) is 2. The van der Waals surface area contributed by atoms with Gasteiger partial charge in [-0.15, -0.1) is 0 Å². The van der Waals surface area contributed by atoms with E-state index < -0.39 is 31.1 Å². The van der Waals surface area contributed by atoms with Crippen molar-refractivity contribution >= 4 is 23.6 Å². The molecule has 0 bridgehead atoms. The number of aromatic nitrogens is 2. The highest BCUT2D eigenvalue weighted by Gasteiger charge is 2.27. The first-order valence-corrected chi connectivity index (χ1v) is 8.03. The van der Waals surface area contributed by atoms with E-state index in [9.17, 15) is 22.8 Å². The molecule has 0 aromatic carbocycles. The van der Waals surface area contributed by atoms with Gasteiger partial charge in [-0.25, -0.2) is 4.98 Å². The first-order valence-electron chi connectivity index (χ1n) is 7.05. The van der Waals surface area contributed by atoms with Gasteiger partial charge in [-0.05, 0) is 12.1 Å². The average Bonchev–Trinajstić information content (AvgIpc) is 3.17. The Labute approximate surface area is 145 Å². The highest BCUT2D eigenvalue weighted by molar-refractivity contribution is 7.98. The van der Waals surface area contributed by atoms with E-state index in [1.807, 2.05) is 11.6 Å².